The van der Waals surface area contributed by atoms with E-state index >= 15 is 0 Å². The first-order chi connectivity index (χ1) is 9.72. The molecular formula is C16H15NO3. The molecule has 2 rings (SSSR count). The van der Waals surface area contributed by atoms with Crippen molar-refractivity contribution in [1.29, 1.82) is 5.26 Å². The van der Waals surface area contributed by atoms with Gasteiger partial charge in [0.15, 0.2) is 11.5 Å². The summed E-state index contributed by atoms with van der Waals surface area (Å²) < 4.78 is 11.2. The Morgan fingerprint density at radius 2 is 1.95 bits per heavy atom. The van der Waals surface area contributed by atoms with Gasteiger partial charge in [-0.05, 0) is 36.8 Å². The molecule has 0 aromatic heterocycles. The first kappa shape index (κ1) is 13.8. The fourth-order valence-corrected chi connectivity index (χ4v) is 1.77. The average molecular weight is 269 g/mol. The maximum atomic E-state index is 9.40. The highest BCUT2D eigenvalue weighted by Crippen LogP contribution is 2.29. The zero-order valence-electron chi connectivity index (χ0n) is 11.2. The monoisotopic (exact) mass is 269 g/mol. The van der Waals surface area contributed by atoms with Gasteiger partial charge in [-0.15, -0.1) is 0 Å². The second-order valence-electron chi connectivity index (χ2n) is 4.16. The predicted octanol–water partition coefficient (Wildman–Crippen LogP) is 3.24. The second-order valence-corrected chi connectivity index (χ2v) is 4.16. The van der Waals surface area contributed by atoms with Crippen molar-refractivity contribution < 1.29 is 14.6 Å². The Morgan fingerprint density at radius 3 is 2.65 bits per heavy atom. The van der Waals surface area contributed by atoms with E-state index in [4.69, 9.17) is 14.7 Å². The largest absolute Gasteiger partial charge is 0.508 e. The van der Waals surface area contributed by atoms with Crippen LogP contribution in [0.25, 0.3) is 0 Å². The van der Waals surface area contributed by atoms with Crippen molar-refractivity contribution in [2.45, 2.75) is 13.5 Å². The smallest absolute Gasteiger partial charge is 0.162 e. The van der Waals surface area contributed by atoms with Crippen LogP contribution in [0, 0.1) is 11.3 Å². The molecule has 0 amide bonds. The number of hydrogen-bond donors (Lipinski definition) is 1. The van der Waals surface area contributed by atoms with Crippen LogP contribution in [0.5, 0.6) is 17.2 Å². The molecule has 1 N–H and O–H groups in total. The fraction of sp³-hybridized carbons (Fsp3) is 0.188. The summed E-state index contributed by atoms with van der Waals surface area (Å²) in [6, 6.07) is 14.0. The summed E-state index contributed by atoms with van der Waals surface area (Å²) in [4.78, 5) is 0. The van der Waals surface area contributed by atoms with Gasteiger partial charge in [0.1, 0.15) is 12.4 Å². The van der Waals surface area contributed by atoms with Crippen molar-refractivity contribution in [3.63, 3.8) is 0 Å². The molecule has 4 nitrogen and oxygen atoms in total. The number of hydrogen-bond acceptors (Lipinski definition) is 4. The Balaban J connectivity index is 2.14. The fourth-order valence-electron chi connectivity index (χ4n) is 1.77. The summed E-state index contributed by atoms with van der Waals surface area (Å²) in [5.74, 6) is 1.33. The number of nitrogens with zero attached hydrogens (tertiary/aromatic N) is 1. The molecule has 2 aromatic rings. The number of rotatable bonds is 5. The molecule has 0 aliphatic heterocycles. The van der Waals surface area contributed by atoms with Crippen molar-refractivity contribution in [3.05, 3.63) is 53.6 Å². The molecule has 0 radical (unpaired) electrons. The highest BCUT2D eigenvalue weighted by atomic mass is 16.5. The molecule has 0 saturated heterocycles. The van der Waals surface area contributed by atoms with Gasteiger partial charge in [-0.3, -0.25) is 0 Å². The van der Waals surface area contributed by atoms with Crippen LogP contribution in [0.2, 0.25) is 0 Å². The molecule has 20 heavy (non-hydrogen) atoms. The predicted molar refractivity (Wildman–Crippen MR) is 74.8 cm³/mol. The van der Waals surface area contributed by atoms with Crippen LogP contribution in [-0.4, -0.2) is 11.7 Å². The van der Waals surface area contributed by atoms with E-state index in [2.05, 4.69) is 6.07 Å². The van der Waals surface area contributed by atoms with E-state index in [1.54, 1.807) is 36.4 Å². The van der Waals surface area contributed by atoms with Crippen LogP contribution in [0.3, 0.4) is 0 Å². The van der Waals surface area contributed by atoms with Crippen molar-refractivity contribution in [2.24, 2.45) is 0 Å². The molecule has 2 aromatic carbocycles. The molecule has 0 aliphatic carbocycles. The van der Waals surface area contributed by atoms with Gasteiger partial charge in [-0.2, -0.15) is 5.26 Å². The van der Waals surface area contributed by atoms with Crippen LogP contribution in [-0.2, 0) is 6.61 Å². The third kappa shape index (κ3) is 3.42. The lowest BCUT2D eigenvalue weighted by atomic mass is 10.2. The molecule has 0 aliphatic rings. The van der Waals surface area contributed by atoms with Crippen LogP contribution in [0.1, 0.15) is 18.1 Å². The molecule has 0 bridgehead atoms. The molecule has 0 fully saturated rings. The summed E-state index contributed by atoms with van der Waals surface area (Å²) in [5, 5.41) is 18.3. The van der Waals surface area contributed by atoms with Crippen LogP contribution in [0.15, 0.2) is 42.5 Å². The zero-order valence-corrected chi connectivity index (χ0v) is 11.2. The van der Waals surface area contributed by atoms with Crippen molar-refractivity contribution in [3.8, 4) is 23.3 Å². The molecule has 0 heterocycles. The van der Waals surface area contributed by atoms with E-state index in [-0.39, 0.29) is 5.75 Å². The Bertz CT molecular complexity index is 632. The molecule has 102 valence electrons. The number of ether oxygens (including phenoxy) is 2. The normalized spacial score (nSPS) is 9.80. The lowest BCUT2D eigenvalue weighted by Crippen LogP contribution is -2.00. The highest BCUT2D eigenvalue weighted by Gasteiger charge is 2.07. The van der Waals surface area contributed by atoms with Gasteiger partial charge >= 0.3 is 0 Å². The first-order valence-corrected chi connectivity index (χ1v) is 6.30. The molecule has 0 unspecified atom stereocenters. The number of phenols is 1. The third-order valence-corrected chi connectivity index (χ3v) is 2.68. The molecule has 4 heteroatoms. The quantitative estimate of drug-likeness (QED) is 0.905. The second kappa shape index (κ2) is 6.48. The van der Waals surface area contributed by atoms with E-state index < -0.39 is 0 Å². The van der Waals surface area contributed by atoms with Crippen molar-refractivity contribution in [1.82, 2.24) is 0 Å². The van der Waals surface area contributed by atoms with Crippen LogP contribution in [0.4, 0.5) is 0 Å². The lowest BCUT2D eigenvalue weighted by molar-refractivity contribution is 0.269. The van der Waals surface area contributed by atoms with E-state index in [1.807, 2.05) is 13.0 Å². The Kier molecular flexibility index (Phi) is 4.46. The van der Waals surface area contributed by atoms with Gasteiger partial charge in [0.2, 0.25) is 0 Å². The summed E-state index contributed by atoms with van der Waals surface area (Å²) >= 11 is 0. The van der Waals surface area contributed by atoms with E-state index in [9.17, 15) is 5.11 Å². The number of phenolic OH excluding ortho intramolecular Hbond substituents is 1. The van der Waals surface area contributed by atoms with Gasteiger partial charge in [-0.25, -0.2) is 0 Å². The summed E-state index contributed by atoms with van der Waals surface area (Å²) in [7, 11) is 0. The lowest BCUT2D eigenvalue weighted by Gasteiger charge is -2.12. The summed E-state index contributed by atoms with van der Waals surface area (Å²) in [6.45, 7) is 2.69. The average Bonchev–Trinajstić information content (AvgIpc) is 2.46. The topological polar surface area (TPSA) is 62.5 Å². The van der Waals surface area contributed by atoms with Crippen LogP contribution >= 0.6 is 0 Å². The highest BCUT2D eigenvalue weighted by molar-refractivity contribution is 5.46. The minimum Gasteiger partial charge on any atom is -0.508 e. The van der Waals surface area contributed by atoms with E-state index in [0.29, 0.717) is 30.3 Å². The van der Waals surface area contributed by atoms with E-state index in [1.165, 1.54) is 0 Å². The van der Waals surface area contributed by atoms with Gasteiger partial charge in [0.05, 0.1) is 18.2 Å². The standard InChI is InChI=1S/C16H15NO3/c1-2-19-16-9-12(10-17)6-7-15(16)20-11-13-4-3-5-14(18)8-13/h3-9,18H,2,11H2,1H3. The van der Waals surface area contributed by atoms with Gasteiger partial charge in [0, 0.05) is 6.07 Å². The van der Waals surface area contributed by atoms with Crippen molar-refractivity contribution in [2.75, 3.05) is 6.61 Å². The van der Waals surface area contributed by atoms with Crippen LogP contribution < -0.4 is 9.47 Å². The Labute approximate surface area is 117 Å². The maximum Gasteiger partial charge on any atom is 0.162 e. The summed E-state index contributed by atoms with van der Waals surface area (Å²) in [5.41, 5.74) is 1.38. The van der Waals surface area contributed by atoms with Gasteiger partial charge < -0.3 is 14.6 Å². The third-order valence-electron chi connectivity index (χ3n) is 2.68. The minimum absolute atomic E-state index is 0.205. The zero-order chi connectivity index (χ0) is 14.4. The van der Waals surface area contributed by atoms with Crippen molar-refractivity contribution >= 4 is 0 Å². The minimum atomic E-state index is 0.205. The van der Waals surface area contributed by atoms with Gasteiger partial charge in [0.25, 0.3) is 0 Å². The van der Waals surface area contributed by atoms with E-state index in [0.717, 1.165) is 5.56 Å². The SMILES string of the molecule is CCOc1cc(C#N)ccc1OCc1cccc(O)c1. The molecule has 0 atom stereocenters. The van der Waals surface area contributed by atoms with Gasteiger partial charge in [-0.1, -0.05) is 12.1 Å². The molecule has 0 spiro atoms. The summed E-state index contributed by atoms with van der Waals surface area (Å²) in [6.07, 6.45) is 0. The number of aromatic hydroxyl groups is 1. The maximum absolute atomic E-state index is 9.40. The number of benzene rings is 2. The Hall–Kier alpha value is -2.67. The number of nitriles is 1. The molecule has 0 saturated carbocycles. The first-order valence-electron chi connectivity index (χ1n) is 6.30. The molecular weight excluding hydrogens is 254 g/mol. The Morgan fingerprint density at radius 1 is 1.10 bits per heavy atom.